The standard InChI is InChI=1S/C12H16FN3O2/c13-10-2-1-7-15-12(10)18-9-5-3-8(4-6-9)11(17)16-14/h1-2,7-9H,3-6,14H2,(H,16,17)/t8-,9-. The Bertz CT molecular complexity index is 420. The molecule has 5 nitrogen and oxygen atoms in total. The van der Waals surface area contributed by atoms with E-state index in [1.165, 1.54) is 18.3 Å². The Hall–Kier alpha value is -1.69. The first kappa shape index (κ1) is 12.8. The van der Waals surface area contributed by atoms with Gasteiger partial charge in [0.1, 0.15) is 6.10 Å². The average molecular weight is 253 g/mol. The molecule has 3 N–H and O–H groups in total. The first-order valence-electron chi connectivity index (χ1n) is 5.98. The van der Waals surface area contributed by atoms with E-state index in [0.717, 1.165) is 0 Å². The van der Waals surface area contributed by atoms with Crippen molar-refractivity contribution >= 4 is 5.91 Å². The molecule has 1 amide bonds. The second-order valence-corrected chi connectivity index (χ2v) is 4.39. The monoisotopic (exact) mass is 253 g/mol. The number of nitrogens with one attached hydrogen (secondary N) is 1. The average Bonchev–Trinajstić information content (AvgIpc) is 2.41. The van der Waals surface area contributed by atoms with Gasteiger partial charge < -0.3 is 4.74 Å². The lowest BCUT2D eigenvalue weighted by atomic mass is 9.87. The first-order valence-corrected chi connectivity index (χ1v) is 5.98. The molecule has 2 rings (SSSR count). The topological polar surface area (TPSA) is 77.2 Å². The number of ether oxygens (including phenoxy) is 1. The predicted octanol–water partition coefficient (Wildman–Crippen LogP) is 1.15. The van der Waals surface area contributed by atoms with Crippen molar-refractivity contribution in [3.63, 3.8) is 0 Å². The number of rotatable bonds is 3. The summed E-state index contributed by atoms with van der Waals surface area (Å²) in [5.74, 6) is 4.46. The Balaban J connectivity index is 1.87. The van der Waals surface area contributed by atoms with Gasteiger partial charge in [0.2, 0.25) is 5.91 Å². The Kier molecular flexibility index (Phi) is 4.09. The number of pyridine rings is 1. The molecule has 1 aromatic heterocycles. The lowest BCUT2D eigenvalue weighted by Gasteiger charge is -2.27. The minimum Gasteiger partial charge on any atom is -0.472 e. The fraction of sp³-hybridized carbons (Fsp3) is 0.500. The smallest absolute Gasteiger partial charge is 0.250 e. The zero-order chi connectivity index (χ0) is 13.0. The van der Waals surface area contributed by atoms with Crippen LogP contribution < -0.4 is 16.0 Å². The van der Waals surface area contributed by atoms with E-state index in [-0.39, 0.29) is 23.8 Å². The summed E-state index contributed by atoms with van der Waals surface area (Å²) in [7, 11) is 0. The van der Waals surface area contributed by atoms with E-state index in [1.54, 1.807) is 0 Å². The van der Waals surface area contributed by atoms with Crippen LogP contribution in [0.25, 0.3) is 0 Å². The van der Waals surface area contributed by atoms with E-state index in [0.29, 0.717) is 25.7 Å². The van der Waals surface area contributed by atoms with Gasteiger partial charge in [-0.2, -0.15) is 0 Å². The number of hydrogen-bond donors (Lipinski definition) is 2. The van der Waals surface area contributed by atoms with Crippen molar-refractivity contribution in [3.05, 3.63) is 24.1 Å². The molecule has 0 aliphatic heterocycles. The molecule has 1 aromatic rings. The fourth-order valence-electron chi connectivity index (χ4n) is 2.18. The Morgan fingerprint density at radius 2 is 2.17 bits per heavy atom. The fourth-order valence-corrected chi connectivity index (χ4v) is 2.18. The van der Waals surface area contributed by atoms with E-state index in [1.807, 2.05) is 0 Å². The first-order chi connectivity index (χ1) is 8.70. The van der Waals surface area contributed by atoms with Gasteiger partial charge in [0.25, 0.3) is 5.88 Å². The maximum absolute atomic E-state index is 13.3. The highest BCUT2D eigenvalue weighted by Crippen LogP contribution is 2.27. The van der Waals surface area contributed by atoms with Crippen molar-refractivity contribution in [2.24, 2.45) is 11.8 Å². The van der Waals surface area contributed by atoms with E-state index in [2.05, 4.69) is 10.4 Å². The summed E-state index contributed by atoms with van der Waals surface area (Å²) < 4.78 is 18.8. The van der Waals surface area contributed by atoms with Gasteiger partial charge in [-0.05, 0) is 37.8 Å². The summed E-state index contributed by atoms with van der Waals surface area (Å²) in [5.41, 5.74) is 2.16. The van der Waals surface area contributed by atoms with Crippen molar-refractivity contribution in [3.8, 4) is 5.88 Å². The summed E-state index contributed by atoms with van der Waals surface area (Å²) in [4.78, 5) is 15.2. The minimum atomic E-state index is -0.459. The van der Waals surface area contributed by atoms with E-state index in [4.69, 9.17) is 10.6 Å². The highest BCUT2D eigenvalue weighted by Gasteiger charge is 2.27. The molecule has 1 fully saturated rings. The molecule has 0 unspecified atom stereocenters. The second-order valence-electron chi connectivity index (χ2n) is 4.39. The van der Waals surface area contributed by atoms with Crippen LogP contribution in [0.15, 0.2) is 18.3 Å². The molecule has 0 bridgehead atoms. The Morgan fingerprint density at radius 3 is 2.78 bits per heavy atom. The van der Waals surface area contributed by atoms with Crippen LogP contribution in [0.2, 0.25) is 0 Å². The Morgan fingerprint density at radius 1 is 1.44 bits per heavy atom. The van der Waals surface area contributed by atoms with Crippen LogP contribution in [-0.2, 0) is 4.79 Å². The van der Waals surface area contributed by atoms with Crippen molar-refractivity contribution in [2.75, 3.05) is 0 Å². The van der Waals surface area contributed by atoms with E-state index >= 15 is 0 Å². The normalized spacial score (nSPS) is 23.4. The number of nitrogens with zero attached hydrogens (tertiary/aromatic N) is 1. The van der Waals surface area contributed by atoms with Crippen LogP contribution in [-0.4, -0.2) is 17.0 Å². The highest BCUT2D eigenvalue weighted by atomic mass is 19.1. The van der Waals surface area contributed by atoms with Gasteiger partial charge in [-0.15, -0.1) is 0 Å². The van der Waals surface area contributed by atoms with Crippen LogP contribution in [0.1, 0.15) is 25.7 Å². The zero-order valence-electron chi connectivity index (χ0n) is 9.93. The summed E-state index contributed by atoms with van der Waals surface area (Å²) in [6.45, 7) is 0. The van der Waals surface area contributed by atoms with E-state index < -0.39 is 5.82 Å². The van der Waals surface area contributed by atoms with Gasteiger partial charge in [0, 0.05) is 12.1 Å². The molecule has 0 saturated heterocycles. The number of carbonyl (C=O) groups excluding carboxylic acids is 1. The lowest BCUT2D eigenvalue weighted by molar-refractivity contribution is -0.126. The van der Waals surface area contributed by atoms with Gasteiger partial charge in [-0.1, -0.05) is 0 Å². The molecular weight excluding hydrogens is 237 g/mol. The van der Waals surface area contributed by atoms with Gasteiger partial charge in [-0.25, -0.2) is 15.2 Å². The molecule has 1 heterocycles. The number of halogens is 1. The summed E-state index contributed by atoms with van der Waals surface area (Å²) in [6.07, 6.45) is 4.20. The molecule has 0 aromatic carbocycles. The molecule has 0 atom stereocenters. The maximum atomic E-state index is 13.3. The van der Waals surface area contributed by atoms with Gasteiger partial charge in [0.15, 0.2) is 5.82 Å². The number of amides is 1. The Labute approximate surface area is 105 Å². The van der Waals surface area contributed by atoms with Crippen LogP contribution in [0, 0.1) is 11.7 Å². The largest absolute Gasteiger partial charge is 0.472 e. The molecule has 18 heavy (non-hydrogen) atoms. The summed E-state index contributed by atoms with van der Waals surface area (Å²) in [5, 5.41) is 0. The van der Waals surface area contributed by atoms with Crippen LogP contribution >= 0.6 is 0 Å². The summed E-state index contributed by atoms with van der Waals surface area (Å²) in [6, 6.07) is 2.83. The number of hydrazine groups is 1. The molecule has 1 aliphatic carbocycles. The third-order valence-electron chi connectivity index (χ3n) is 3.19. The van der Waals surface area contributed by atoms with Crippen molar-refractivity contribution in [1.82, 2.24) is 10.4 Å². The maximum Gasteiger partial charge on any atom is 0.250 e. The van der Waals surface area contributed by atoms with Crippen molar-refractivity contribution < 1.29 is 13.9 Å². The molecule has 6 heteroatoms. The lowest BCUT2D eigenvalue weighted by Crippen LogP contribution is -2.38. The van der Waals surface area contributed by atoms with Gasteiger partial charge >= 0.3 is 0 Å². The van der Waals surface area contributed by atoms with Crippen molar-refractivity contribution in [2.45, 2.75) is 31.8 Å². The second kappa shape index (κ2) is 5.77. The molecule has 98 valence electrons. The molecule has 1 saturated carbocycles. The molecule has 0 radical (unpaired) electrons. The van der Waals surface area contributed by atoms with Gasteiger partial charge in [0.05, 0.1) is 0 Å². The third-order valence-corrected chi connectivity index (χ3v) is 3.19. The predicted molar refractivity (Wildman–Crippen MR) is 62.9 cm³/mol. The molecule has 1 aliphatic rings. The number of aromatic nitrogens is 1. The number of hydrogen-bond acceptors (Lipinski definition) is 4. The molecule has 0 spiro atoms. The van der Waals surface area contributed by atoms with Crippen LogP contribution in [0.3, 0.4) is 0 Å². The third kappa shape index (κ3) is 2.95. The van der Waals surface area contributed by atoms with Gasteiger partial charge in [-0.3, -0.25) is 10.2 Å². The quantitative estimate of drug-likeness (QED) is 0.481. The van der Waals surface area contributed by atoms with E-state index in [9.17, 15) is 9.18 Å². The SMILES string of the molecule is NNC(=O)[C@H]1CC[C@H](Oc2ncccc2F)CC1. The zero-order valence-corrected chi connectivity index (χ0v) is 9.93. The molecular formula is C12H16FN3O2. The summed E-state index contributed by atoms with van der Waals surface area (Å²) >= 11 is 0. The van der Waals surface area contributed by atoms with Crippen molar-refractivity contribution in [1.29, 1.82) is 0 Å². The number of carbonyl (C=O) groups is 1. The van der Waals surface area contributed by atoms with Crippen LogP contribution in [0.4, 0.5) is 4.39 Å². The number of nitrogens with two attached hydrogens (primary N) is 1. The highest BCUT2D eigenvalue weighted by molar-refractivity contribution is 5.77. The minimum absolute atomic E-state index is 0.0317. The van der Waals surface area contributed by atoms with Crippen LogP contribution in [0.5, 0.6) is 5.88 Å².